The first kappa shape index (κ1) is 23.9. The van der Waals surface area contributed by atoms with E-state index in [2.05, 4.69) is 5.32 Å². The zero-order valence-electron chi connectivity index (χ0n) is 19.5. The molecule has 0 atom stereocenters. The molecule has 0 aromatic heterocycles. The van der Waals surface area contributed by atoms with Gasteiger partial charge in [0.2, 0.25) is 15.9 Å². The minimum atomic E-state index is -3.53. The van der Waals surface area contributed by atoms with Crippen molar-refractivity contribution >= 4 is 21.6 Å². The first-order valence-electron chi connectivity index (χ1n) is 12.0. The number of hydrogen-bond donors (Lipinski definition) is 1. The Bertz CT molecular complexity index is 1090. The van der Waals surface area contributed by atoms with Crippen molar-refractivity contribution in [3.8, 4) is 0 Å². The first-order valence-corrected chi connectivity index (χ1v) is 13.4. The van der Waals surface area contributed by atoms with Gasteiger partial charge in [0.25, 0.3) is 0 Å². The van der Waals surface area contributed by atoms with Crippen molar-refractivity contribution in [2.24, 2.45) is 5.92 Å². The normalized spacial score (nSPS) is 17.7. The van der Waals surface area contributed by atoms with E-state index < -0.39 is 10.0 Å². The van der Waals surface area contributed by atoms with Gasteiger partial charge in [0.15, 0.2) is 0 Å². The van der Waals surface area contributed by atoms with E-state index in [0.29, 0.717) is 37.4 Å². The maximum atomic E-state index is 13.2. The second-order valence-corrected chi connectivity index (χ2v) is 11.3. The van der Waals surface area contributed by atoms with E-state index in [0.717, 1.165) is 36.1 Å². The molecular weight excluding hydrogens is 436 g/mol. The number of ether oxygens (including phenoxy) is 1. The molecule has 0 spiro atoms. The summed E-state index contributed by atoms with van der Waals surface area (Å²) in [6.07, 6.45) is 5.45. The third kappa shape index (κ3) is 5.83. The number of amides is 1. The van der Waals surface area contributed by atoms with Crippen LogP contribution in [0.2, 0.25) is 0 Å². The Morgan fingerprint density at radius 2 is 1.79 bits per heavy atom. The molecule has 2 aromatic rings. The smallest absolute Gasteiger partial charge is 0.243 e. The molecule has 0 bridgehead atoms. The van der Waals surface area contributed by atoms with Crippen LogP contribution in [0, 0.1) is 5.92 Å². The van der Waals surface area contributed by atoms with Gasteiger partial charge >= 0.3 is 0 Å². The Balaban J connectivity index is 1.35. The number of piperidine rings is 1. The van der Waals surface area contributed by atoms with Gasteiger partial charge in [-0.2, -0.15) is 4.31 Å². The van der Waals surface area contributed by atoms with Crippen molar-refractivity contribution in [1.82, 2.24) is 4.31 Å². The molecule has 1 heterocycles. The quantitative estimate of drug-likeness (QED) is 0.645. The molecule has 7 heteroatoms. The molecule has 1 amide bonds. The number of fused-ring (bicyclic) bond motifs is 1. The van der Waals surface area contributed by atoms with Crippen molar-refractivity contribution in [3.05, 3.63) is 59.2 Å². The highest BCUT2D eigenvalue weighted by Crippen LogP contribution is 2.28. The molecule has 1 aliphatic heterocycles. The highest BCUT2D eigenvalue weighted by atomic mass is 32.2. The predicted molar refractivity (Wildman–Crippen MR) is 130 cm³/mol. The van der Waals surface area contributed by atoms with Gasteiger partial charge in [-0.05, 0) is 93.3 Å². The van der Waals surface area contributed by atoms with Gasteiger partial charge in [0.05, 0.1) is 17.6 Å². The molecule has 178 valence electrons. The SMILES string of the molecule is CC(C)OCc1cccc(NC(=O)C2CCN(S(=O)(=O)c3ccc4c(c3)CCCC4)CC2)c1. The molecule has 2 aromatic carbocycles. The number of nitrogens with one attached hydrogen (secondary N) is 1. The number of carbonyl (C=O) groups is 1. The van der Waals surface area contributed by atoms with E-state index in [9.17, 15) is 13.2 Å². The summed E-state index contributed by atoms with van der Waals surface area (Å²) in [5.41, 5.74) is 4.19. The molecule has 0 unspecified atom stereocenters. The molecule has 6 nitrogen and oxygen atoms in total. The number of hydrogen-bond acceptors (Lipinski definition) is 4. The van der Waals surface area contributed by atoms with Crippen LogP contribution in [0.4, 0.5) is 5.69 Å². The Morgan fingerprint density at radius 3 is 2.52 bits per heavy atom. The van der Waals surface area contributed by atoms with Crippen molar-refractivity contribution in [3.63, 3.8) is 0 Å². The maximum absolute atomic E-state index is 13.2. The van der Waals surface area contributed by atoms with Crippen molar-refractivity contribution in [2.75, 3.05) is 18.4 Å². The zero-order chi connectivity index (χ0) is 23.4. The third-order valence-corrected chi connectivity index (χ3v) is 8.45. The van der Waals surface area contributed by atoms with Crippen LogP contribution < -0.4 is 5.32 Å². The van der Waals surface area contributed by atoms with E-state index in [1.165, 1.54) is 16.3 Å². The van der Waals surface area contributed by atoms with Gasteiger partial charge in [-0.3, -0.25) is 4.79 Å². The fraction of sp³-hybridized carbons (Fsp3) is 0.500. The minimum Gasteiger partial charge on any atom is -0.374 e. The molecule has 0 radical (unpaired) electrons. The molecule has 1 fully saturated rings. The Hall–Kier alpha value is -2.22. The lowest BCUT2D eigenvalue weighted by Crippen LogP contribution is -2.41. The average molecular weight is 471 g/mol. The number of sulfonamides is 1. The predicted octanol–water partition coefficient (Wildman–Crippen LogP) is 4.53. The number of nitrogens with zero attached hydrogens (tertiary/aromatic N) is 1. The third-order valence-electron chi connectivity index (χ3n) is 6.56. The van der Waals surface area contributed by atoms with Crippen LogP contribution in [0.3, 0.4) is 0 Å². The monoisotopic (exact) mass is 470 g/mol. The molecule has 33 heavy (non-hydrogen) atoms. The molecule has 0 saturated carbocycles. The van der Waals surface area contributed by atoms with Crippen molar-refractivity contribution in [1.29, 1.82) is 0 Å². The summed E-state index contributed by atoms with van der Waals surface area (Å²) < 4.78 is 33.6. The summed E-state index contributed by atoms with van der Waals surface area (Å²) in [5.74, 6) is -0.252. The number of rotatable bonds is 7. The van der Waals surface area contributed by atoms with E-state index in [1.54, 1.807) is 6.07 Å². The average Bonchev–Trinajstić information content (AvgIpc) is 2.82. The van der Waals surface area contributed by atoms with Crippen LogP contribution in [0.25, 0.3) is 0 Å². The zero-order valence-corrected chi connectivity index (χ0v) is 20.4. The Morgan fingerprint density at radius 1 is 1.06 bits per heavy atom. The van der Waals surface area contributed by atoms with Crippen LogP contribution in [0.5, 0.6) is 0 Å². The molecule has 1 aliphatic carbocycles. The Labute approximate surface area is 197 Å². The summed E-state index contributed by atoms with van der Waals surface area (Å²) in [7, 11) is -3.53. The second-order valence-electron chi connectivity index (χ2n) is 9.37. The lowest BCUT2D eigenvalue weighted by atomic mass is 9.92. The Kier molecular flexibility index (Phi) is 7.51. The summed E-state index contributed by atoms with van der Waals surface area (Å²) >= 11 is 0. The summed E-state index contributed by atoms with van der Waals surface area (Å²) in [6.45, 7) is 5.20. The van der Waals surface area contributed by atoms with Crippen LogP contribution in [0.15, 0.2) is 47.4 Å². The van der Waals surface area contributed by atoms with Crippen molar-refractivity contribution < 1.29 is 17.9 Å². The highest BCUT2D eigenvalue weighted by Gasteiger charge is 2.32. The maximum Gasteiger partial charge on any atom is 0.243 e. The van der Waals surface area contributed by atoms with Gasteiger partial charge < -0.3 is 10.1 Å². The summed E-state index contributed by atoms with van der Waals surface area (Å²) in [6, 6.07) is 13.3. The lowest BCUT2D eigenvalue weighted by molar-refractivity contribution is -0.120. The van der Waals surface area contributed by atoms with Crippen molar-refractivity contribution in [2.45, 2.75) is 70.0 Å². The first-order chi connectivity index (χ1) is 15.8. The summed E-state index contributed by atoms with van der Waals surface area (Å²) in [4.78, 5) is 13.2. The minimum absolute atomic E-state index is 0.0530. The largest absolute Gasteiger partial charge is 0.374 e. The summed E-state index contributed by atoms with van der Waals surface area (Å²) in [5, 5.41) is 3.00. The molecular formula is C26H34N2O4S. The van der Waals surface area contributed by atoms with E-state index in [1.807, 2.05) is 50.2 Å². The van der Waals surface area contributed by atoms with Gasteiger partial charge in [-0.25, -0.2) is 8.42 Å². The highest BCUT2D eigenvalue weighted by molar-refractivity contribution is 7.89. The van der Waals surface area contributed by atoms with Gasteiger partial charge in [0, 0.05) is 24.7 Å². The molecule has 4 rings (SSSR count). The number of benzene rings is 2. The van der Waals surface area contributed by atoms with E-state index in [4.69, 9.17) is 4.74 Å². The second kappa shape index (κ2) is 10.4. The fourth-order valence-corrected chi connectivity index (χ4v) is 6.14. The number of anilines is 1. The van der Waals surface area contributed by atoms with Gasteiger partial charge in [-0.1, -0.05) is 18.2 Å². The van der Waals surface area contributed by atoms with Gasteiger partial charge in [0.1, 0.15) is 0 Å². The van der Waals surface area contributed by atoms with Crippen LogP contribution in [-0.4, -0.2) is 37.8 Å². The van der Waals surface area contributed by atoms with Crippen LogP contribution >= 0.6 is 0 Å². The molecule has 1 N–H and O–H groups in total. The van der Waals surface area contributed by atoms with Gasteiger partial charge in [-0.15, -0.1) is 0 Å². The van der Waals surface area contributed by atoms with Crippen LogP contribution in [-0.2, 0) is 39.0 Å². The molecule has 1 saturated heterocycles. The lowest BCUT2D eigenvalue weighted by Gasteiger charge is -2.31. The molecule has 2 aliphatic rings. The van der Waals surface area contributed by atoms with Crippen LogP contribution in [0.1, 0.15) is 56.2 Å². The van der Waals surface area contributed by atoms with E-state index >= 15 is 0 Å². The standard InChI is InChI=1S/C26H34N2O4S/c1-19(2)32-18-20-6-5-9-24(16-20)27-26(29)22-12-14-28(15-13-22)33(30,31)25-11-10-21-7-3-4-8-23(21)17-25/h5-6,9-11,16-17,19,22H,3-4,7-8,12-15,18H2,1-2H3,(H,27,29). The van der Waals surface area contributed by atoms with E-state index in [-0.39, 0.29) is 17.9 Å². The topological polar surface area (TPSA) is 75.7 Å². The number of aryl methyl sites for hydroxylation is 2. The number of carbonyl (C=O) groups excluding carboxylic acids is 1. The fourth-order valence-electron chi connectivity index (χ4n) is 4.62.